The highest BCUT2D eigenvalue weighted by Gasteiger charge is 1.98. The number of benzene rings is 2. The summed E-state index contributed by atoms with van der Waals surface area (Å²) in [6, 6.07) is 13.2. The van der Waals surface area contributed by atoms with Crippen LogP contribution in [0.5, 0.6) is 0 Å². The van der Waals surface area contributed by atoms with Gasteiger partial charge in [-0.25, -0.2) is 0 Å². The van der Waals surface area contributed by atoms with Gasteiger partial charge in [0.05, 0.1) is 0 Å². The minimum absolute atomic E-state index is 1.38. The second kappa shape index (κ2) is 3.81. The molecule has 1 heterocycles. The molecular formula is C10H6P4. The molecule has 3 rings (SSSR count). The fourth-order valence-corrected chi connectivity index (χ4v) is 9.94. The lowest BCUT2D eigenvalue weighted by Crippen LogP contribution is -1.70. The van der Waals surface area contributed by atoms with E-state index in [1.165, 1.54) is 46.7 Å². The maximum absolute atomic E-state index is 2.29. The Morgan fingerprint density at radius 2 is 1.64 bits per heavy atom. The first kappa shape index (κ1) is 9.15. The lowest BCUT2D eigenvalue weighted by molar-refractivity contribution is 1.82. The molecule has 0 aliphatic carbocycles. The van der Waals surface area contributed by atoms with Gasteiger partial charge in [0.25, 0.3) is 0 Å². The van der Waals surface area contributed by atoms with Gasteiger partial charge in [-0.05, 0) is 47.7 Å². The number of hydrogen-bond acceptors (Lipinski definition) is 0. The van der Waals surface area contributed by atoms with Crippen molar-refractivity contribution in [2.75, 3.05) is 0 Å². The molecule has 0 radical (unpaired) electrons. The summed E-state index contributed by atoms with van der Waals surface area (Å²) < 4.78 is 0. The largest absolute Gasteiger partial charge is 0.0616 e. The normalized spacial score (nSPS) is 13.1. The Balaban J connectivity index is 2.61. The van der Waals surface area contributed by atoms with E-state index in [0.717, 1.165) is 0 Å². The van der Waals surface area contributed by atoms with E-state index < -0.39 is 0 Å². The van der Waals surface area contributed by atoms with Gasteiger partial charge in [0.15, 0.2) is 0 Å². The zero-order chi connectivity index (χ0) is 9.38. The third kappa shape index (κ3) is 1.48. The van der Waals surface area contributed by atoms with E-state index in [-0.39, 0.29) is 0 Å². The average molecular weight is 250 g/mol. The first-order chi connectivity index (χ1) is 6.95. The number of fused-ring (bicyclic) bond motifs is 3. The molecular weight excluding hydrogens is 244 g/mol. The maximum atomic E-state index is 2.29. The van der Waals surface area contributed by atoms with Crippen LogP contribution in [0.25, 0.3) is 21.0 Å². The van der Waals surface area contributed by atoms with Crippen molar-refractivity contribution in [2.24, 2.45) is 0 Å². The Morgan fingerprint density at radius 3 is 2.64 bits per heavy atom. The SMILES string of the molecule is c1ccc2c(c1)ccc1ppppc12. The Hall–Kier alpha value is -0.1000. The zero-order valence-corrected chi connectivity index (χ0v) is 10.8. The molecule has 2 aromatic carbocycles. The van der Waals surface area contributed by atoms with Crippen LogP contribution in [0.4, 0.5) is 0 Å². The fraction of sp³-hybridized carbons (Fsp3) is 0. The lowest BCUT2D eigenvalue weighted by Gasteiger charge is -2.00. The molecule has 3 aromatic rings. The van der Waals surface area contributed by atoms with E-state index in [1.54, 1.807) is 5.12 Å². The van der Waals surface area contributed by atoms with Crippen molar-refractivity contribution >= 4 is 51.8 Å². The monoisotopic (exact) mass is 250 g/mol. The summed E-state index contributed by atoms with van der Waals surface area (Å²) in [6.07, 6.45) is 0. The van der Waals surface area contributed by atoms with Crippen molar-refractivity contribution in [3.8, 4) is 0 Å². The highest BCUT2D eigenvalue weighted by atomic mass is 32.3. The predicted octanol–water partition coefficient (Wildman–Crippen LogP) is 6.31. The molecule has 0 bridgehead atoms. The molecule has 66 valence electrons. The van der Waals surface area contributed by atoms with Gasteiger partial charge >= 0.3 is 0 Å². The molecule has 0 nitrogen and oxygen atoms in total. The second-order valence-corrected chi connectivity index (χ2v) is 10.2. The molecule has 4 heteroatoms. The van der Waals surface area contributed by atoms with Crippen molar-refractivity contribution in [3.05, 3.63) is 36.4 Å². The highest BCUT2D eigenvalue weighted by Crippen LogP contribution is 2.47. The summed E-state index contributed by atoms with van der Waals surface area (Å²) in [6.45, 7) is 0. The summed E-state index contributed by atoms with van der Waals surface area (Å²) in [5, 5.41) is 5.89. The van der Waals surface area contributed by atoms with E-state index in [2.05, 4.69) is 36.4 Å². The Morgan fingerprint density at radius 1 is 0.786 bits per heavy atom. The lowest BCUT2D eigenvalue weighted by atomic mass is 10.1. The molecule has 0 atom stereocenters. The summed E-state index contributed by atoms with van der Waals surface area (Å²) in [5.74, 6) is 0. The van der Waals surface area contributed by atoms with Crippen LogP contribution in [0.1, 0.15) is 0 Å². The van der Waals surface area contributed by atoms with E-state index in [9.17, 15) is 0 Å². The van der Waals surface area contributed by atoms with E-state index in [0.29, 0.717) is 0 Å². The van der Waals surface area contributed by atoms with Crippen LogP contribution in [0.3, 0.4) is 0 Å². The standard InChI is InChI=1S/C10H6P4/c1-2-4-8-7(3-1)5-6-9-10(8)12-14-13-11-9/h1-6H. The highest BCUT2D eigenvalue weighted by molar-refractivity contribution is 8.31. The van der Waals surface area contributed by atoms with Crippen LogP contribution in [-0.4, -0.2) is 0 Å². The van der Waals surface area contributed by atoms with Crippen LogP contribution < -0.4 is 0 Å². The Kier molecular flexibility index (Phi) is 2.49. The molecule has 0 unspecified atom stereocenters. The van der Waals surface area contributed by atoms with Gasteiger partial charge in [-0.3, -0.25) is 0 Å². The quantitative estimate of drug-likeness (QED) is 0.410. The van der Waals surface area contributed by atoms with Gasteiger partial charge in [-0.2, -0.15) is 0 Å². The summed E-state index contributed by atoms with van der Waals surface area (Å²) >= 11 is 0. The molecule has 1 aromatic heterocycles. The molecule has 0 aliphatic heterocycles. The van der Waals surface area contributed by atoms with Crippen LogP contribution in [-0.2, 0) is 0 Å². The van der Waals surface area contributed by atoms with E-state index >= 15 is 0 Å². The second-order valence-electron chi connectivity index (χ2n) is 3.03. The third-order valence-corrected chi connectivity index (χ3v) is 10.4. The first-order valence-electron chi connectivity index (χ1n) is 4.29. The predicted molar refractivity (Wildman–Crippen MR) is 71.5 cm³/mol. The van der Waals surface area contributed by atoms with Crippen molar-refractivity contribution in [1.29, 1.82) is 0 Å². The van der Waals surface area contributed by atoms with Crippen molar-refractivity contribution in [2.45, 2.75) is 0 Å². The molecule has 0 N–H and O–H groups in total. The minimum Gasteiger partial charge on any atom is -0.0616 e. The molecule has 0 spiro atoms. The molecule has 14 heavy (non-hydrogen) atoms. The first-order valence-corrected chi connectivity index (χ1v) is 9.98. The van der Waals surface area contributed by atoms with Crippen LogP contribution in [0.2, 0.25) is 0 Å². The van der Waals surface area contributed by atoms with Gasteiger partial charge in [0, 0.05) is 10.2 Å². The topological polar surface area (TPSA) is 0 Å². The van der Waals surface area contributed by atoms with E-state index in [1.807, 2.05) is 0 Å². The summed E-state index contributed by atoms with van der Waals surface area (Å²) in [7, 11) is 6.00. The zero-order valence-electron chi connectivity index (χ0n) is 7.25. The van der Waals surface area contributed by atoms with Crippen molar-refractivity contribution in [3.63, 3.8) is 0 Å². The van der Waals surface area contributed by atoms with Crippen LogP contribution in [0.15, 0.2) is 36.4 Å². The molecule has 0 fully saturated rings. The van der Waals surface area contributed by atoms with Crippen LogP contribution >= 0.6 is 30.8 Å². The van der Waals surface area contributed by atoms with Gasteiger partial charge < -0.3 is 0 Å². The number of rotatable bonds is 0. The third-order valence-electron chi connectivity index (χ3n) is 2.22. The molecule has 0 saturated carbocycles. The molecule has 0 amide bonds. The Bertz CT molecular complexity index is 551. The maximum Gasteiger partial charge on any atom is 0.0267 e. The summed E-state index contributed by atoms with van der Waals surface area (Å²) in [5.41, 5.74) is 0. The smallest absolute Gasteiger partial charge is 0.0267 e. The fourth-order valence-electron chi connectivity index (χ4n) is 1.56. The molecule has 0 aliphatic rings. The summed E-state index contributed by atoms with van der Waals surface area (Å²) in [4.78, 5) is 0. The number of hydrogen-bond donors (Lipinski definition) is 0. The van der Waals surface area contributed by atoms with Crippen molar-refractivity contribution in [1.82, 2.24) is 0 Å². The van der Waals surface area contributed by atoms with E-state index in [4.69, 9.17) is 0 Å². The van der Waals surface area contributed by atoms with Gasteiger partial charge in [-0.1, -0.05) is 30.3 Å². The van der Waals surface area contributed by atoms with Gasteiger partial charge in [0.2, 0.25) is 0 Å². The van der Waals surface area contributed by atoms with Crippen molar-refractivity contribution < 1.29 is 0 Å². The minimum atomic E-state index is 1.38. The molecule has 0 saturated heterocycles. The van der Waals surface area contributed by atoms with Gasteiger partial charge in [-0.15, -0.1) is 0 Å². The Labute approximate surface area is 88.5 Å². The average Bonchev–Trinajstić information content (AvgIpc) is 2.29. The van der Waals surface area contributed by atoms with Gasteiger partial charge in [0.1, 0.15) is 0 Å². The van der Waals surface area contributed by atoms with Crippen LogP contribution in [0, 0.1) is 0 Å².